The summed E-state index contributed by atoms with van der Waals surface area (Å²) in [6.45, 7) is 2.07. The summed E-state index contributed by atoms with van der Waals surface area (Å²) in [5.74, 6) is -0.360. The summed E-state index contributed by atoms with van der Waals surface area (Å²) >= 11 is 0. The van der Waals surface area contributed by atoms with E-state index in [0.717, 1.165) is 50.4 Å². The summed E-state index contributed by atoms with van der Waals surface area (Å²) in [7, 11) is 1.58. The molecular weight excluding hydrogens is 426 g/mol. The molecule has 0 radical (unpaired) electrons. The minimum Gasteiger partial charge on any atom is -0.497 e. The Kier molecular flexibility index (Phi) is 6.56. The third-order valence-corrected chi connectivity index (χ3v) is 5.67. The van der Waals surface area contributed by atoms with Crippen molar-refractivity contribution in [2.75, 3.05) is 7.11 Å². The van der Waals surface area contributed by atoms with Gasteiger partial charge in [-0.3, -0.25) is 5.10 Å². The van der Waals surface area contributed by atoms with Crippen molar-refractivity contribution in [2.24, 2.45) is 0 Å². The number of methoxy groups -OCH3 is 1. The number of benzene rings is 3. The van der Waals surface area contributed by atoms with Crippen LogP contribution in [0.3, 0.4) is 0 Å². The number of fused-ring (bicyclic) bond motifs is 1. The van der Waals surface area contributed by atoms with E-state index >= 15 is 0 Å². The molecule has 1 aromatic heterocycles. The highest BCUT2D eigenvalue weighted by Gasteiger charge is 2.17. The van der Waals surface area contributed by atoms with E-state index < -0.39 is 5.97 Å². The van der Waals surface area contributed by atoms with Crippen molar-refractivity contribution in [3.63, 3.8) is 0 Å². The zero-order valence-corrected chi connectivity index (χ0v) is 18.9. The van der Waals surface area contributed by atoms with Crippen LogP contribution in [-0.2, 0) is 4.79 Å². The predicted octanol–water partition coefficient (Wildman–Crippen LogP) is 5.91. The van der Waals surface area contributed by atoms with Crippen molar-refractivity contribution in [3.8, 4) is 11.8 Å². The summed E-state index contributed by atoms with van der Waals surface area (Å²) in [5, 5.41) is 26.9. The van der Waals surface area contributed by atoms with Gasteiger partial charge in [0.25, 0.3) is 0 Å². The number of aromatic amines is 1. The van der Waals surface area contributed by atoms with E-state index in [4.69, 9.17) is 9.84 Å². The van der Waals surface area contributed by atoms with Gasteiger partial charge in [0.05, 0.1) is 30.5 Å². The zero-order chi connectivity index (χ0) is 24.1. The number of carboxylic acids is 1. The van der Waals surface area contributed by atoms with Gasteiger partial charge in [0.2, 0.25) is 0 Å². The molecule has 0 bridgehead atoms. The molecule has 0 spiro atoms. The summed E-state index contributed by atoms with van der Waals surface area (Å²) < 4.78 is 5.32. The first-order chi connectivity index (χ1) is 16.5. The van der Waals surface area contributed by atoms with Crippen LogP contribution in [0.15, 0.2) is 72.9 Å². The standard InChI is InChI=1S/C28H23N3O3/c1-3-24(25-11-10-23(34-2)15-21(25)16-29)28(20-9-12-26-22(14-20)17-30-31-26)19-7-4-18(5-8-19)6-13-27(32)33/h4-15,17H,3H2,1-2H3,(H,30,31)(H,32,33)/b13-6+,28-24+. The molecule has 0 amide bonds. The van der Waals surface area contributed by atoms with Crippen LogP contribution < -0.4 is 4.74 Å². The number of aliphatic carboxylic acids is 1. The molecule has 0 fully saturated rings. The molecule has 0 unspecified atom stereocenters. The minimum absolute atomic E-state index is 0.541. The van der Waals surface area contributed by atoms with Crippen LogP contribution in [0.25, 0.3) is 28.1 Å². The third-order valence-electron chi connectivity index (χ3n) is 5.67. The fourth-order valence-corrected chi connectivity index (χ4v) is 4.05. The van der Waals surface area contributed by atoms with Crippen LogP contribution in [0.4, 0.5) is 0 Å². The number of ether oxygens (including phenoxy) is 1. The van der Waals surface area contributed by atoms with E-state index in [9.17, 15) is 10.1 Å². The lowest BCUT2D eigenvalue weighted by molar-refractivity contribution is -0.131. The van der Waals surface area contributed by atoms with Gasteiger partial charge in [-0.05, 0) is 76.2 Å². The van der Waals surface area contributed by atoms with Crippen LogP contribution in [0.2, 0.25) is 0 Å². The molecule has 3 aromatic carbocycles. The third kappa shape index (κ3) is 4.59. The first kappa shape index (κ1) is 22.6. The SMILES string of the molecule is CC/C(=C(/c1ccc(/C=C/C(=O)O)cc1)c1ccc2[nH]ncc2c1)c1ccc(OC)cc1C#N. The zero-order valence-electron chi connectivity index (χ0n) is 18.9. The lowest BCUT2D eigenvalue weighted by Gasteiger charge is -2.18. The van der Waals surface area contributed by atoms with Crippen molar-refractivity contribution >= 4 is 34.1 Å². The topological polar surface area (TPSA) is 99.0 Å². The van der Waals surface area contributed by atoms with Crippen molar-refractivity contribution in [3.05, 3.63) is 101 Å². The average molecular weight is 450 g/mol. The van der Waals surface area contributed by atoms with Crippen LogP contribution in [0.5, 0.6) is 5.75 Å². The van der Waals surface area contributed by atoms with Gasteiger partial charge in [-0.1, -0.05) is 37.3 Å². The van der Waals surface area contributed by atoms with Gasteiger partial charge in [0.1, 0.15) is 5.75 Å². The molecule has 6 heteroatoms. The van der Waals surface area contributed by atoms with Gasteiger partial charge in [0, 0.05) is 11.5 Å². The van der Waals surface area contributed by atoms with Gasteiger partial charge >= 0.3 is 5.97 Å². The number of H-pyrrole nitrogens is 1. The van der Waals surface area contributed by atoms with Crippen molar-refractivity contribution in [1.82, 2.24) is 10.2 Å². The number of hydrogen-bond acceptors (Lipinski definition) is 4. The van der Waals surface area contributed by atoms with Crippen molar-refractivity contribution < 1.29 is 14.6 Å². The fraction of sp³-hybridized carbons (Fsp3) is 0.107. The molecular formula is C28H23N3O3. The number of rotatable bonds is 7. The minimum atomic E-state index is -0.991. The number of hydrogen-bond donors (Lipinski definition) is 2. The number of allylic oxidation sites excluding steroid dienone is 1. The average Bonchev–Trinajstić information content (AvgIpc) is 3.34. The van der Waals surface area contributed by atoms with Gasteiger partial charge in [-0.2, -0.15) is 10.4 Å². The van der Waals surface area contributed by atoms with E-state index in [1.165, 1.54) is 0 Å². The van der Waals surface area contributed by atoms with Gasteiger partial charge < -0.3 is 9.84 Å². The summed E-state index contributed by atoms with van der Waals surface area (Å²) in [5.41, 5.74) is 7.11. The molecule has 4 rings (SSSR count). The maximum Gasteiger partial charge on any atom is 0.328 e. The number of nitriles is 1. The fourth-order valence-electron chi connectivity index (χ4n) is 4.05. The molecule has 0 aliphatic heterocycles. The molecule has 1 heterocycles. The first-order valence-electron chi connectivity index (χ1n) is 10.8. The second-order valence-electron chi connectivity index (χ2n) is 7.70. The summed E-state index contributed by atoms with van der Waals surface area (Å²) in [4.78, 5) is 10.9. The smallest absolute Gasteiger partial charge is 0.328 e. The van der Waals surface area contributed by atoms with E-state index in [2.05, 4.69) is 29.3 Å². The molecule has 0 atom stereocenters. The molecule has 0 saturated carbocycles. The molecule has 2 N–H and O–H groups in total. The monoisotopic (exact) mass is 449 g/mol. The molecule has 0 saturated heterocycles. The summed E-state index contributed by atoms with van der Waals surface area (Å²) in [6, 6.07) is 21.7. The van der Waals surface area contributed by atoms with E-state index in [1.54, 1.807) is 25.4 Å². The number of nitrogens with zero attached hydrogens (tertiary/aromatic N) is 2. The first-order valence-corrected chi connectivity index (χ1v) is 10.8. The largest absolute Gasteiger partial charge is 0.497 e. The van der Waals surface area contributed by atoms with Crippen LogP contribution in [0.1, 0.15) is 41.2 Å². The second-order valence-corrected chi connectivity index (χ2v) is 7.70. The molecule has 34 heavy (non-hydrogen) atoms. The predicted molar refractivity (Wildman–Crippen MR) is 133 cm³/mol. The Labute approximate surface area is 197 Å². The number of aromatic nitrogens is 2. The van der Waals surface area contributed by atoms with Crippen LogP contribution in [-0.4, -0.2) is 28.4 Å². The Hall–Kier alpha value is -4.63. The number of carboxylic acid groups (broad SMARTS) is 1. The highest BCUT2D eigenvalue weighted by molar-refractivity contribution is 6.01. The van der Waals surface area contributed by atoms with Crippen molar-refractivity contribution in [1.29, 1.82) is 5.26 Å². The highest BCUT2D eigenvalue weighted by Crippen LogP contribution is 2.37. The molecule has 168 valence electrons. The van der Waals surface area contributed by atoms with E-state index in [-0.39, 0.29) is 0 Å². The van der Waals surface area contributed by atoms with Crippen LogP contribution in [0, 0.1) is 11.3 Å². The van der Waals surface area contributed by atoms with E-state index in [1.807, 2.05) is 48.5 Å². The highest BCUT2D eigenvalue weighted by atomic mass is 16.5. The quantitative estimate of drug-likeness (QED) is 0.270. The number of carbonyl (C=O) groups is 1. The lowest BCUT2D eigenvalue weighted by atomic mass is 9.86. The Morgan fingerprint density at radius 1 is 1.12 bits per heavy atom. The lowest BCUT2D eigenvalue weighted by Crippen LogP contribution is -1.98. The number of nitrogens with one attached hydrogen (secondary N) is 1. The van der Waals surface area contributed by atoms with Gasteiger partial charge in [-0.15, -0.1) is 0 Å². The maximum absolute atomic E-state index is 10.9. The molecule has 6 nitrogen and oxygen atoms in total. The Morgan fingerprint density at radius 3 is 2.56 bits per heavy atom. The maximum atomic E-state index is 10.9. The second kappa shape index (κ2) is 9.88. The van der Waals surface area contributed by atoms with E-state index in [0.29, 0.717) is 17.7 Å². The molecule has 4 aromatic rings. The van der Waals surface area contributed by atoms with Crippen molar-refractivity contribution in [2.45, 2.75) is 13.3 Å². The van der Waals surface area contributed by atoms with Crippen LogP contribution >= 0.6 is 0 Å². The summed E-state index contributed by atoms with van der Waals surface area (Å²) in [6.07, 6.45) is 5.16. The Morgan fingerprint density at radius 2 is 1.88 bits per heavy atom. The molecule has 0 aliphatic rings. The molecule has 0 aliphatic carbocycles. The Balaban J connectivity index is 1.96. The van der Waals surface area contributed by atoms with Gasteiger partial charge in [0.15, 0.2) is 0 Å². The normalized spacial score (nSPS) is 11.9. The Bertz CT molecular complexity index is 1450. The van der Waals surface area contributed by atoms with Gasteiger partial charge in [-0.25, -0.2) is 4.79 Å².